The van der Waals surface area contributed by atoms with Gasteiger partial charge in [-0.15, -0.1) is 0 Å². The van der Waals surface area contributed by atoms with Gasteiger partial charge in [0.1, 0.15) is 23.3 Å². The van der Waals surface area contributed by atoms with Crippen LogP contribution >= 0.6 is 11.8 Å². The number of rotatable bonds is 4. The number of hydrogen-bond donors (Lipinski definition) is 1. The largest absolute Gasteiger partial charge is 0.473 e. The molecule has 0 radical (unpaired) electrons. The molecule has 1 saturated heterocycles. The maximum Gasteiger partial charge on any atom is 0.261 e. The van der Waals surface area contributed by atoms with E-state index in [0.29, 0.717) is 0 Å². The highest BCUT2D eigenvalue weighted by molar-refractivity contribution is 7.99. The highest BCUT2D eigenvalue weighted by Gasteiger charge is 2.22. The Morgan fingerprint density at radius 1 is 1.35 bits per heavy atom. The molecule has 1 unspecified atom stereocenters. The van der Waals surface area contributed by atoms with Crippen LogP contribution in [0.25, 0.3) is 0 Å². The normalized spacial score (nSPS) is 17.0. The molecular formula is C16H14F2N2O2S. The molecule has 3 rings (SSSR count). The fourth-order valence-electron chi connectivity index (χ4n) is 2.20. The van der Waals surface area contributed by atoms with Gasteiger partial charge in [0.2, 0.25) is 5.88 Å². The number of halogens is 2. The minimum Gasteiger partial charge on any atom is -0.473 e. The van der Waals surface area contributed by atoms with Crippen molar-refractivity contribution in [3.63, 3.8) is 0 Å². The molecule has 7 heteroatoms. The van der Waals surface area contributed by atoms with Gasteiger partial charge in [-0.2, -0.15) is 11.8 Å². The van der Waals surface area contributed by atoms with Gasteiger partial charge in [-0.05, 0) is 36.4 Å². The second-order valence-electron chi connectivity index (χ2n) is 5.04. The van der Waals surface area contributed by atoms with Gasteiger partial charge in [-0.25, -0.2) is 13.8 Å². The van der Waals surface area contributed by atoms with Gasteiger partial charge in [0.05, 0.1) is 5.69 Å². The first-order valence-electron chi connectivity index (χ1n) is 7.09. The SMILES string of the molecule is O=C(Nc1cc(F)ccc1F)c1cccnc1OC1CCSC1. The summed E-state index contributed by atoms with van der Waals surface area (Å²) in [6.07, 6.45) is 2.42. The molecule has 120 valence electrons. The first kappa shape index (κ1) is 15.7. The molecule has 0 aliphatic carbocycles. The van der Waals surface area contributed by atoms with E-state index in [2.05, 4.69) is 10.3 Å². The van der Waals surface area contributed by atoms with E-state index in [-0.39, 0.29) is 23.2 Å². The average Bonchev–Trinajstić information content (AvgIpc) is 3.04. The lowest BCUT2D eigenvalue weighted by Gasteiger charge is -2.14. The van der Waals surface area contributed by atoms with E-state index >= 15 is 0 Å². The zero-order chi connectivity index (χ0) is 16.2. The Kier molecular flexibility index (Phi) is 4.76. The van der Waals surface area contributed by atoms with Crippen molar-refractivity contribution >= 4 is 23.4 Å². The summed E-state index contributed by atoms with van der Waals surface area (Å²) in [5.41, 5.74) is -0.0331. The number of thioether (sulfide) groups is 1. The average molecular weight is 336 g/mol. The predicted molar refractivity (Wildman–Crippen MR) is 84.9 cm³/mol. The van der Waals surface area contributed by atoms with Gasteiger partial charge in [0.15, 0.2) is 0 Å². The number of carbonyl (C=O) groups excluding carboxylic acids is 1. The van der Waals surface area contributed by atoms with Crippen molar-refractivity contribution in [2.24, 2.45) is 0 Å². The fourth-order valence-corrected chi connectivity index (χ4v) is 3.30. The summed E-state index contributed by atoms with van der Waals surface area (Å²) in [7, 11) is 0. The van der Waals surface area contributed by atoms with Crippen molar-refractivity contribution < 1.29 is 18.3 Å². The maximum atomic E-state index is 13.6. The first-order chi connectivity index (χ1) is 11.1. The summed E-state index contributed by atoms with van der Waals surface area (Å²) in [4.78, 5) is 16.4. The molecule has 1 N–H and O–H groups in total. The molecule has 23 heavy (non-hydrogen) atoms. The quantitative estimate of drug-likeness (QED) is 0.928. The van der Waals surface area contributed by atoms with E-state index < -0.39 is 17.5 Å². The van der Waals surface area contributed by atoms with Crippen molar-refractivity contribution in [3.8, 4) is 5.88 Å². The lowest BCUT2D eigenvalue weighted by atomic mass is 10.2. The van der Waals surface area contributed by atoms with Gasteiger partial charge in [0.25, 0.3) is 5.91 Å². The molecule has 0 spiro atoms. The lowest BCUT2D eigenvalue weighted by Crippen LogP contribution is -2.20. The van der Waals surface area contributed by atoms with Crippen LogP contribution in [0.5, 0.6) is 5.88 Å². The molecule has 1 aromatic heterocycles. The van der Waals surface area contributed by atoms with E-state index in [9.17, 15) is 13.6 Å². The van der Waals surface area contributed by atoms with E-state index in [1.165, 1.54) is 12.3 Å². The standard InChI is InChI=1S/C16H14F2N2O2S/c17-10-3-4-13(18)14(8-10)20-15(21)12-2-1-6-19-16(12)22-11-5-7-23-9-11/h1-4,6,8,11H,5,7,9H2,(H,20,21). The summed E-state index contributed by atoms with van der Waals surface area (Å²) in [6, 6.07) is 6.00. The third kappa shape index (κ3) is 3.79. The first-order valence-corrected chi connectivity index (χ1v) is 8.25. The molecular weight excluding hydrogens is 322 g/mol. The highest BCUT2D eigenvalue weighted by atomic mass is 32.2. The van der Waals surface area contributed by atoms with E-state index in [1.807, 2.05) is 0 Å². The van der Waals surface area contributed by atoms with Crippen molar-refractivity contribution in [1.82, 2.24) is 4.98 Å². The van der Waals surface area contributed by atoms with Gasteiger partial charge in [-0.1, -0.05) is 0 Å². The number of amides is 1. The molecule has 0 saturated carbocycles. The van der Waals surface area contributed by atoms with Gasteiger partial charge in [-0.3, -0.25) is 4.79 Å². The van der Waals surface area contributed by atoms with E-state index in [1.54, 1.807) is 17.8 Å². The number of aromatic nitrogens is 1. The van der Waals surface area contributed by atoms with Crippen molar-refractivity contribution in [2.45, 2.75) is 12.5 Å². The summed E-state index contributed by atoms with van der Waals surface area (Å²) >= 11 is 1.78. The number of nitrogens with one attached hydrogen (secondary N) is 1. The number of carbonyl (C=O) groups is 1. The summed E-state index contributed by atoms with van der Waals surface area (Å²) in [5.74, 6) is 0.118. The molecule has 1 aliphatic rings. The van der Waals surface area contributed by atoms with Crippen molar-refractivity contribution in [3.05, 3.63) is 53.7 Å². The van der Waals surface area contributed by atoms with Crippen LogP contribution in [0.2, 0.25) is 0 Å². The van der Waals surface area contributed by atoms with Crippen LogP contribution in [-0.4, -0.2) is 28.5 Å². The number of nitrogens with zero attached hydrogens (tertiary/aromatic N) is 1. The number of benzene rings is 1. The Morgan fingerprint density at radius 3 is 3.00 bits per heavy atom. The smallest absolute Gasteiger partial charge is 0.261 e. The fraction of sp³-hybridized carbons (Fsp3) is 0.250. The molecule has 2 aromatic rings. The van der Waals surface area contributed by atoms with Gasteiger partial charge < -0.3 is 10.1 Å². The zero-order valence-electron chi connectivity index (χ0n) is 12.1. The van der Waals surface area contributed by atoms with Crippen molar-refractivity contribution in [1.29, 1.82) is 0 Å². The van der Waals surface area contributed by atoms with Crippen LogP contribution in [0.4, 0.5) is 14.5 Å². The molecule has 1 atom stereocenters. The van der Waals surface area contributed by atoms with E-state index in [0.717, 1.165) is 36.1 Å². The Bertz CT molecular complexity index is 721. The Morgan fingerprint density at radius 2 is 2.22 bits per heavy atom. The van der Waals surface area contributed by atoms with Crippen LogP contribution < -0.4 is 10.1 Å². The monoisotopic (exact) mass is 336 g/mol. The number of hydrogen-bond acceptors (Lipinski definition) is 4. The molecule has 2 heterocycles. The molecule has 1 aliphatic heterocycles. The Hall–Kier alpha value is -2.15. The lowest BCUT2D eigenvalue weighted by molar-refractivity contribution is 0.101. The van der Waals surface area contributed by atoms with Gasteiger partial charge >= 0.3 is 0 Å². The third-order valence-electron chi connectivity index (χ3n) is 3.36. The minimum atomic E-state index is -0.710. The molecule has 0 bridgehead atoms. The van der Waals surface area contributed by atoms with Crippen molar-refractivity contribution in [2.75, 3.05) is 16.8 Å². The summed E-state index contributed by atoms with van der Waals surface area (Å²) < 4.78 is 32.6. The predicted octanol–water partition coefficient (Wildman–Crippen LogP) is 3.50. The Balaban J connectivity index is 1.80. The summed E-state index contributed by atoms with van der Waals surface area (Å²) in [5, 5.41) is 2.35. The van der Waals surface area contributed by atoms with Crippen LogP contribution in [0, 0.1) is 11.6 Å². The minimum absolute atomic E-state index is 0.00681. The van der Waals surface area contributed by atoms with Gasteiger partial charge in [0, 0.05) is 18.0 Å². The van der Waals surface area contributed by atoms with Crippen LogP contribution in [-0.2, 0) is 0 Å². The number of ether oxygens (including phenoxy) is 1. The molecule has 1 amide bonds. The molecule has 1 fully saturated rings. The Labute approximate surface area is 136 Å². The van der Waals surface area contributed by atoms with Crippen LogP contribution in [0.1, 0.15) is 16.8 Å². The number of anilines is 1. The second kappa shape index (κ2) is 6.95. The molecule has 1 aromatic carbocycles. The highest BCUT2D eigenvalue weighted by Crippen LogP contribution is 2.25. The van der Waals surface area contributed by atoms with E-state index in [4.69, 9.17) is 4.74 Å². The second-order valence-corrected chi connectivity index (χ2v) is 6.19. The van der Waals surface area contributed by atoms with Crippen LogP contribution in [0.3, 0.4) is 0 Å². The zero-order valence-corrected chi connectivity index (χ0v) is 12.9. The number of pyridine rings is 1. The topological polar surface area (TPSA) is 51.2 Å². The van der Waals surface area contributed by atoms with Crippen LogP contribution in [0.15, 0.2) is 36.5 Å². The maximum absolute atomic E-state index is 13.6. The summed E-state index contributed by atoms with van der Waals surface area (Å²) in [6.45, 7) is 0. The molecule has 4 nitrogen and oxygen atoms in total. The third-order valence-corrected chi connectivity index (χ3v) is 4.49.